The van der Waals surface area contributed by atoms with Crippen molar-refractivity contribution >= 4 is 0 Å². The zero-order valence-corrected chi connectivity index (χ0v) is 11.5. The van der Waals surface area contributed by atoms with Gasteiger partial charge in [0.25, 0.3) is 0 Å². The summed E-state index contributed by atoms with van der Waals surface area (Å²) in [7, 11) is 0. The Morgan fingerprint density at radius 1 is 1.16 bits per heavy atom. The van der Waals surface area contributed by atoms with E-state index in [2.05, 4.69) is 4.90 Å². The molecule has 1 aromatic rings. The van der Waals surface area contributed by atoms with Crippen molar-refractivity contribution in [3.05, 3.63) is 35.4 Å². The molecule has 106 valence electrons. The third-order valence-electron chi connectivity index (χ3n) is 4.09. The minimum Gasteiger partial charge on any atom is -0.391 e. The van der Waals surface area contributed by atoms with Crippen LogP contribution in [0.15, 0.2) is 18.2 Å². The second kappa shape index (κ2) is 5.55. The Morgan fingerprint density at radius 2 is 1.68 bits per heavy atom. The van der Waals surface area contributed by atoms with Gasteiger partial charge >= 0.3 is 0 Å². The Balaban J connectivity index is 2.08. The predicted molar refractivity (Wildman–Crippen MR) is 71.0 cm³/mol. The molecule has 1 N–H and O–H groups in total. The van der Waals surface area contributed by atoms with E-state index < -0.39 is 17.7 Å². The summed E-state index contributed by atoms with van der Waals surface area (Å²) in [5, 5.41) is 10.4. The molecule has 0 amide bonds. The van der Waals surface area contributed by atoms with Crippen LogP contribution < -0.4 is 0 Å². The summed E-state index contributed by atoms with van der Waals surface area (Å²) in [5.41, 5.74) is 0.122. The van der Waals surface area contributed by atoms with Crippen molar-refractivity contribution < 1.29 is 13.9 Å². The predicted octanol–water partition coefficient (Wildman–Crippen LogP) is 2.74. The first-order chi connectivity index (χ1) is 8.89. The van der Waals surface area contributed by atoms with Gasteiger partial charge in [-0.3, -0.25) is 4.90 Å². The molecule has 1 aromatic carbocycles. The molecule has 1 heterocycles. The lowest BCUT2D eigenvalue weighted by Gasteiger charge is -2.39. The number of likely N-dealkylation sites (tertiary alicyclic amines) is 1. The van der Waals surface area contributed by atoms with Gasteiger partial charge in [0.05, 0.1) is 6.10 Å². The van der Waals surface area contributed by atoms with Crippen LogP contribution >= 0.6 is 0 Å². The minimum atomic E-state index is -0.646. The second-order valence-corrected chi connectivity index (χ2v) is 5.85. The summed E-state index contributed by atoms with van der Waals surface area (Å²) >= 11 is 0. The zero-order chi connectivity index (χ0) is 14.0. The van der Waals surface area contributed by atoms with E-state index in [1.807, 2.05) is 13.8 Å². The van der Waals surface area contributed by atoms with Crippen LogP contribution in [-0.2, 0) is 6.42 Å². The van der Waals surface area contributed by atoms with E-state index in [0.29, 0.717) is 5.56 Å². The zero-order valence-electron chi connectivity index (χ0n) is 11.5. The van der Waals surface area contributed by atoms with Crippen molar-refractivity contribution in [3.8, 4) is 0 Å². The number of benzene rings is 1. The first-order valence-corrected chi connectivity index (χ1v) is 6.77. The normalized spacial score (nSPS) is 18.8. The van der Waals surface area contributed by atoms with E-state index in [1.54, 1.807) is 0 Å². The molecule has 1 saturated heterocycles. The smallest absolute Gasteiger partial charge is 0.126 e. The summed E-state index contributed by atoms with van der Waals surface area (Å²) < 4.78 is 26.3. The average Bonchev–Trinajstić information content (AvgIpc) is 2.80. The molecule has 0 radical (unpaired) electrons. The Bertz CT molecular complexity index is 422. The van der Waals surface area contributed by atoms with E-state index in [1.165, 1.54) is 12.1 Å². The van der Waals surface area contributed by atoms with Crippen molar-refractivity contribution in [2.24, 2.45) is 0 Å². The molecular formula is C15H21F2NO. The second-order valence-electron chi connectivity index (χ2n) is 5.85. The number of halogens is 2. The fourth-order valence-electron chi connectivity index (χ4n) is 2.71. The standard InChI is InChI=1S/C15H21F2NO/c1-15(2,18-5-3-4-6-18)14(19)9-11-7-12(16)10-13(17)8-11/h7-8,10,14,19H,3-6,9H2,1-2H3. The summed E-state index contributed by atoms with van der Waals surface area (Å²) in [5.74, 6) is -1.19. The summed E-state index contributed by atoms with van der Waals surface area (Å²) in [4.78, 5) is 2.24. The van der Waals surface area contributed by atoms with Gasteiger partial charge in [-0.05, 0) is 57.5 Å². The molecule has 1 aliphatic rings. The number of nitrogens with zero attached hydrogens (tertiary/aromatic N) is 1. The molecule has 0 saturated carbocycles. The highest BCUT2D eigenvalue weighted by molar-refractivity contribution is 5.19. The quantitative estimate of drug-likeness (QED) is 0.908. The van der Waals surface area contributed by atoms with Crippen LogP contribution in [-0.4, -0.2) is 34.7 Å². The molecular weight excluding hydrogens is 248 g/mol. The van der Waals surface area contributed by atoms with E-state index >= 15 is 0 Å². The van der Waals surface area contributed by atoms with Crippen molar-refractivity contribution in [3.63, 3.8) is 0 Å². The van der Waals surface area contributed by atoms with Crippen molar-refractivity contribution in [1.29, 1.82) is 0 Å². The number of aliphatic hydroxyl groups excluding tert-OH is 1. The van der Waals surface area contributed by atoms with E-state index in [0.717, 1.165) is 32.0 Å². The average molecular weight is 269 g/mol. The van der Waals surface area contributed by atoms with Gasteiger partial charge in [0, 0.05) is 18.0 Å². The Kier molecular flexibility index (Phi) is 4.21. The molecule has 0 aromatic heterocycles. The Labute approximate surface area is 113 Å². The lowest BCUT2D eigenvalue weighted by molar-refractivity contribution is 0.00331. The minimum absolute atomic E-state index is 0.262. The number of rotatable bonds is 4. The topological polar surface area (TPSA) is 23.5 Å². The van der Waals surface area contributed by atoms with Gasteiger partial charge in [0.15, 0.2) is 0 Å². The molecule has 1 atom stereocenters. The maximum Gasteiger partial charge on any atom is 0.126 e. The van der Waals surface area contributed by atoms with Crippen LogP contribution in [0, 0.1) is 11.6 Å². The van der Waals surface area contributed by atoms with Crippen LogP contribution in [0.25, 0.3) is 0 Å². The maximum atomic E-state index is 13.1. The molecule has 0 aliphatic carbocycles. The van der Waals surface area contributed by atoms with E-state index in [4.69, 9.17) is 0 Å². The molecule has 0 bridgehead atoms. The third-order valence-corrected chi connectivity index (χ3v) is 4.09. The number of hydrogen-bond donors (Lipinski definition) is 1. The van der Waals surface area contributed by atoms with Crippen molar-refractivity contribution in [2.75, 3.05) is 13.1 Å². The van der Waals surface area contributed by atoms with Gasteiger partial charge in [0.2, 0.25) is 0 Å². The van der Waals surface area contributed by atoms with Gasteiger partial charge in [-0.15, -0.1) is 0 Å². The fraction of sp³-hybridized carbons (Fsp3) is 0.600. The summed E-state index contributed by atoms with van der Waals surface area (Å²) in [6.07, 6.45) is 1.90. The SMILES string of the molecule is CC(C)(C(O)Cc1cc(F)cc(F)c1)N1CCCC1. The molecule has 1 unspecified atom stereocenters. The van der Waals surface area contributed by atoms with Crippen LogP contribution in [0.1, 0.15) is 32.3 Å². The van der Waals surface area contributed by atoms with E-state index in [-0.39, 0.29) is 12.0 Å². The molecule has 19 heavy (non-hydrogen) atoms. The molecule has 0 spiro atoms. The maximum absolute atomic E-state index is 13.1. The van der Waals surface area contributed by atoms with Crippen molar-refractivity contribution in [1.82, 2.24) is 4.90 Å². The lowest BCUT2D eigenvalue weighted by Crippen LogP contribution is -2.51. The van der Waals surface area contributed by atoms with Gasteiger partial charge in [-0.1, -0.05) is 0 Å². The van der Waals surface area contributed by atoms with E-state index in [9.17, 15) is 13.9 Å². The first-order valence-electron chi connectivity index (χ1n) is 6.77. The van der Waals surface area contributed by atoms with Crippen LogP contribution in [0.2, 0.25) is 0 Å². The van der Waals surface area contributed by atoms with Crippen LogP contribution in [0.3, 0.4) is 0 Å². The molecule has 2 nitrogen and oxygen atoms in total. The number of hydrogen-bond acceptors (Lipinski definition) is 2. The highest BCUT2D eigenvalue weighted by atomic mass is 19.1. The molecule has 4 heteroatoms. The Morgan fingerprint density at radius 3 is 2.21 bits per heavy atom. The largest absolute Gasteiger partial charge is 0.391 e. The Hall–Kier alpha value is -1.00. The number of aliphatic hydroxyl groups is 1. The fourth-order valence-corrected chi connectivity index (χ4v) is 2.71. The van der Waals surface area contributed by atoms with Gasteiger partial charge in [0.1, 0.15) is 11.6 Å². The molecule has 1 fully saturated rings. The van der Waals surface area contributed by atoms with Gasteiger partial charge in [-0.2, -0.15) is 0 Å². The highest BCUT2D eigenvalue weighted by Gasteiger charge is 2.35. The monoisotopic (exact) mass is 269 g/mol. The highest BCUT2D eigenvalue weighted by Crippen LogP contribution is 2.26. The van der Waals surface area contributed by atoms with Crippen LogP contribution in [0.5, 0.6) is 0 Å². The van der Waals surface area contributed by atoms with Crippen LogP contribution in [0.4, 0.5) is 8.78 Å². The molecule has 2 rings (SSSR count). The van der Waals surface area contributed by atoms with Gasteiger partial charge < -0.3 is 5.11 Å². The first kappa shape index (κ1) is 14.4. The lowest BCUT2D eigenvalue weighted by atomic mass is 9.90. The third kappa shape index (κ3) is 3.31. The summed E-state index contributed by atoms with van der Waals surface area (Å²) in [6.45, 7) is 5.92. The summed E-state index contributed by atoms with van der Waals surface area (Å²) in [6, 6.07) is 3.42. The van der Waals surface area contributed by atoms with Gasteiger partial charge in [-0.25, -0.2) is 8.78 Å². The van der Waals surface area contributed by atoms with Crippen molar-refractivity contribution in [2.45, 2.75) is 44.8 Å². The molecule has 1 aliphatic heterocycles.